The number of hydrogen-bond donors (Lipinski definition) is 2. The molecule has 2 unspecified atom stereocenters. The van der Waals surface area contributed by atoms with Gasteiger partial charge in [0.2, 0.25) is 0 Å². The first-order chi connectivity index (χ1) is 11.6. The molecule has 2 aromatic rings. The molecule has 0 radical (unpaired) electrons. The lowest BCUT2D eigenvalue weighted by atomic mass is 9.85. The summed E-state index contributed by atoms with van der Waals surface area (Å²) in [5.74, 6) is -0.463. The topological polar surface area (TPSA) is 52.6 Å². The first-order valence-corrected chi connectivity index (χ1v) is 8.47. The Labute approximate surface area is 143 Å². The number of likely N-dealkylation sites (tertiary alicyclic amines) is 1. The van der Waals surface area contributed by atoms with Crippen LogP contribution >= 0.6 is 0 Å². The molecule has 4 heteroatoms. The van der Waals surface area contributed by atoms with Gasteiger partial charge in [-0.1, -0.05) is 42.5 Å². The molecule has 2 N–H and O–H groups in total. The molecule has 2 atom stereocenters. The van der Waals surface area contributed by atoms with Gasteiger partial charge in [0.05, 0.1) is 0 Å². The van der Waals surface area contributed by atoms with E-state index in [2.05, 4.69) is 23.3 Å². The normalized spacial score (nSPS) is 19.6. The third-order valence-electron chi connectivity index (χ3n) is 4.70. The van der Waals surface area contributed by atoms with E-state index in [1.807, 2.05) is 48.5 Å². The quantitative estimate of drug-likeness (QED) is 0.880. The molecule has 1 aliphatic rings. The number of nitrogens with zero attached hydrogens (tertiary/aromatic N) is 1. The fourth-order valence-electron chi connectivity index (χ4n) is 3.54. The van der Waals surface area contributed by atoms with Gasteiger partial charge >= 0.3 is 5.97 Å². The predicted octanol–water partition coefficient (Wildman–Crippen LogP) is 3.73. The molecule has 0 amide bonds. The SMILES string of the molecule is CN1CCCC(c2ccccc2C(Nc2ccccc2)C(=O)O)C1. The van der Waals surface area contributed by atoms with Gasteiger partial charge in [-0.2, -0.15) is 0 Å². The number of piperidine rings is 1. The van der Waals surface area contributed by atoms with Crippen molar-refractivity contribution in [2.24, 2.45) is 0 Å². The fraction of sp³-hybridized carbons (Fsp3) is 0.350. The second-order valence-corrected chi connectivity index (χ2v) is 6.51. The highest BCUT2D eigenvalue weighted by molar-refractivity contribution is 5.80. The molecule has 0 spiro atoms. The number of carboxylic acids is 1. The minimum absolute atomic E-state index is 0.388. The molecule has 3 rings (SSSR count). The number of para-hydroxylation sites is 1. The Balaban J connectivity index is 1.92. The fourth-order valence-corrected chi connectivity index (χ4v) is 3.54. The van der Waals surface area contributed by atoms with Gasteiger partial charge in [-0.3, -0.25) is 0 Å². The van der Waals surface area contributed by atoms with Crippen molar-refractivity contribution in [2.75, 3.05) is 25.5 Å². The Morgan fingerprint density at radius 1 is 1.17 bits per heavy atom. The number of carboxylic acid groups (broad SMARTS) is 1. The molecule has 2 aromatic carbocycles. The van der Waals surface area contributed by atoms with Crippen LogP contribution in [-0.2, 0) is 4.79 Å². The summed E-state index contributed by atoms with van der Waals surface area (Å²) in [5, 5.41) is 13.0. The van der Waals surface area contributed by atoms with Crippen molar-refractivity contribution in [2.45, 2.75) is 24.8 Å². The van der Waals surface area contributed by atoms with E-state index < -0.39 is 12.0 Å². The Morgan fingerprint density at radius 3 is 2.58 bits per heavy atom. The van der Waals surface area contributed by atoms with Crippen LogP contribution in [0.1, 0.15) is 35.9 Å². The maximum atomic E-state index is 11.9. The third kappa shape index (κ3) is 3.77. The Bertz CT molecular complexity index is 687. The summed E-state index contributed by atoms with van der Waals surface area (Å²) in [5.41, 5.74) is 2.84. The largest absolute Gasteiger partial charge is 0.479 e. The molecular formula is C20H24N2O2. The van der Waals surface area contributed by atoms with Crippen molar-refractivity contribution in [1.82, 2.24) is 4.90 Å². The molecule has 4 nitrogen and oxygen atoms in total. The van der Waals surface area contributed by atoms with Gasteiger partial charge < -0.3 is 15.3 Å². The number of aliphatic carboxylic acids is 1. The highest BCUT2D eigenvalue weighted by atomic mass is 16.4. The zero-order valence-corrected chi connectivity index (χ0v) is 14.0. The zero-order chi connectivity index (χ0) is 16.9. The van der Waals surface area contributed by atoms with E-state index in [4.69, 9.17) is 0 Å². The highest BCUT2D eigenvalue weighted by Gasteiger charge is 2.27. The van der Waals surface area contributed by atoms with Crippen molar-refractivity contribution in [3.63, 3.8) is 0 Å². The van der Waals surface area contributed by atoms with Gasteiger partial charge in [0.15, 0.2) is 6.04 Å². The summed E-state index contributed by atoms with van der Waals surface area (Å²) in [7, 11) is 2.13. The van der Waals surface area contributed by atoms with Crippen molar-refractivity contribution in [1.29, 1.82) is 0 Å². The van der Waals surface area contributed by atoms with Gasteiger partial charge in [0, 0.05) is 12.2 Å². The summed E-state index contributed by atoms with van der Waals surface area (Å²) in [6, 6.07) is 16.7. The van der Waals surface area contributed by atoms with Crippen LogP contribution in [0.25, 0.3) is 0 Å². The molecule has 0 aliphatic carbocycles. The smallest absolute Gasteiger partial charge is 0.330 e. The standard InChI is InChI=1S/C20H24N2O2/c1-22-13-7-8-15(14-22)17-11-5-6-12-18(17)19(20(23)24)21-16-9-3-2-4-10-16/h2-6,9-12,15,19,21H,7-8,13-14H2,1H3,(H,23,24). The number of anilines is 1. The van der Waals surface area contributed by atoms with E-state index in [-0.39, 0.29) is 0 Å². The zero-order valence-electron chi connectivity index (χ0n) is 14.0. The third-order valence-corrected chi connectivity index (χ3v) is 4.70. The van der Waals surface area contributed by atoms with E-state index in [1.54, 1.807) is 0 Å². The Morgan fingerprint density at radius 2 is 1.88 bits per heavy atom. The molecule has 0 saturated carbocycles. The first kappa shape index (κ1) is 16.5. The van der Waals surface area contributed by atoms with Gasteiger partial charge in [-0.25, -0.2) is 4.79 Å². The van der Waals surface area contributed by atoms with Crippen LogP contribution in [0.15, 0.2) is 54.6 Å². The average molecular weight is 324 g/mol. The maximum absolute atomic E-state index is 11.9. The van der Waals surface area contributed by atoms with E-state index in [0.717, 1.165) is 42.7 Å². The van der Waals surface area contributed by atoms with Gasteiger partial charge in [0.25, 0.3) is 0 Å². The van der Waals surface area contributed by atoms with Crippen LogP contribution in [0, 0.1) is 0 Å². The Hall–Kier alpha value is -2.33. The van der Waals surface area contributed by atoms with E-state index >= 15 is 0 Å². The number of benzene rings is 2. The summed E-state index contributed by atoms with van der Waals surface area (Å²) in [4.78, 5) is 14.3. The van der Waals surface area contributed by atoms with Crippen LogP contribution < -0.4 is 5.32 Å². The van der Waals surface area contributed by atoms with Crippen LogP contribution in [0.5, 0.6) is 0 Å². The van der Waals surface area contributed by atoms with E-state index in [1.165, 1.54) is 0 Å². The molecular weight excluding hydrogens is 300 g/mol. The van der Waals surface area contributed by atoms with E-state index in [9.17, 15) is 9.90 Å². The second-order valence-electron chi connectivity index (χ2n) is 6.51. The maximum Gasteiger partial charge on any atom is 0.330 e. The molecule has 1 saturated heterocycles. The number of likely N-dealkylation sites (N-methyl/N-ethyl adjacent to an activating group) is 1. The van der Waals surface area contributed by atoms with Gasteiger partial charge in [-0.15, -0.1) is 0 Å². The summed E-state index contributed by atoms with van der Waals surface area (Å²) in [6.45, 7) is 2.10. The van der Waals surface area contributed by atoms with Gasteiger partial charge in [-0.05, 0) is 55.6 Å². The number of rotatable bonds is 5. The molecule has 1 fully saturated rings. The Kier molecular flexibility index (Phi) is 5.16. The highest BCUT2D eigenvalue weighted by Crippen LogP contribution is 2.33. The average Bonchev–Trinajstić information content (AvgIpc) is 2.60. The van der Waals surface area contributed by atoms with Crippen LogP contribution in [-0.4, -0.2) is 36.1 Å². The van der Waals surface area contributed by atoms with Crippen molar-refractivity contribution < 1.29 is 9.90 Å². The molecule has 1 aliphatic heterocycles. The first-order valence-electron chi connectivity index (χ1n) is 8.47. The molecule has 0 aromatic heterocycles. The number of hydrogen-bond acceptors (Lipinski definition) is 3. The van der Waals surface area contributed by atoms with Crippen LogP contribution in [0.3, 0.4) is 0 Å². The lowest BCUT2D eigenvalue weighted by molar-refractivity contribution is -0.138. The van der Waals surface area contributed by atoms with Crippen molar-refractivity contribution in [3.8, 4) is 0 Å². The van der Waals surface area contributed by atoms with Crippen molar-refractivity contribution >= 4 is 11.7 Å². The lowest BCUT2D eigenvalue weighted by Crippen LogP contribution is -2.32. The number of carbonyl (C=O) groups is 1. The summed E-state index contributed by atoms with van der Waals surface area (Å²) >= 11 is 0. The van der Waals surface area contributed by atoms with Crippen molar-refractivity contribution in [3.05, 3.63) is 65.7 Å². The lowest BCUT2D eigenvalue weighted by Gasteiger charge is -2.32. The molecule has 24 heavy (non-hydrogen) atoms. The van der Waals surface area contributed by atoms with Gasteiger partial charge in [0.1, 0.15) is 0 Å². The second kappa shape index (κ2) is 7.49. The minimum Gasteiger partial charge on any atom is -0.479 e. The van der Waals surface area contributed by atoms with E-state index in [0.29, 0.717) is 5.92 Å². The molecule has 1 heterocycles. The molecule has 126 valence electrons. The number of nitrogens with one attached hydrogen (secondary N) is 1. The predicted molar refractivity (Wildman–Crippen MR) is 96.4 cm³/mol. The van der Waals surface area contributed by atoms with Crippen LogP contribution in [0.4, 0.5) is 5.69 Å². The van der Waals surface area contributed by atoms with Crippen LogP contribution in [0.2, 0.25) is 0 Å². The summed E-state index contributed by atoms with van der Waals surface area (Å²) < 4.78 is 0. The monoisotopic (exact) mass is 324 g/mol. The summed E-state index contributed by atoms with van der Waals surface area (Å²) in [6.07, 6.45) is 2.26. The minimum atomic E-state index is -0.851. The molecule has 0 bridgehead atoms.